The summed E-state index contributed by atoms with van der Waals surface area (Å²) in [4.78, 5) is 0. The van der Waals surface area contributed by atoms with Crippen LogP contribution in [0.1, 0.15) is 23.1 Å². The molecule has 5 atom stereocenters. The van der Waals surface area contributed by atoms with E-state index in [1.54, 1.807) is 0 Å². The molecule has 0 spiro atoms. The van der Waals surface area contributed by atoms with Crippen molar-refractivity contribution in [1.29, 1.82) is 0 Å². The SMILES string of the molecule is C[Si](C)(C)O[C@]1(COCc2ccccc2)C[C@H](O)[C@H](O)[C@@H](OCc2ccccc2)[C@@H]1OCc1ccccc1. The number of aliphatic hydroxyl groups excluding tert-OH is 2. The maximum atomic E-state index is 11.2. The average Bonchev–Trinajstić information content (AvgIpc) is 2.90. The van der Waals surface area contributed by atoms with Crippen LogP contribution in [-0.4, -0.2) is 55.2 Å². The molecule has 7 heteroatoms. The summed E-state index contributed by atoms with van der Waals surface area (Å²) in [6.45, 7) is 7.51. The zero-order chi connectivity index (χ0) is 27.0. The van der Waals surface area contributed by atoms with Crippen molar-refractivity contribution in [3.05, 3.63) is 108 Å². The molecule has 4 rings (SSSR count). The summed E-state index contributed by atoms with van der Waals surface area (Å²) in [7, 11) is -2.17. The minimum Gasteiger partial charge on any atom is -0.407 e. The van der Waals surface area contributed by atoms with Gasteiger partial charge in [-0.05, 0) is 36.3 Å². The summed E-state index contributed by atoms with van der Waals surface area (Å²) in [5, 5.41) is 22.3. The molecule has 0 aromatic heterocycles. The van der Waals surface area contributed by atoms with E-state index in [2.05, 4.69) is 19.6 Å². The lowest BCUT2D eigenvalue weighted by atomic mass is 9.77. The fraction of sp³-hybridized carbons (Fsp3) is 0.419. The van der Waals surface area contributed by atoms with Gasteiger partial charge in [-0.3, -0.25) is 0 Å². The second kappa shape index (κ2) is 13.1. The first-order valence-corrected chi connectivity index (χ1v) is 16.7. The van der Waals surface area contributed by atoms with E-state index in [0.29, 0.717) is 13.2 Å². The third kappa shape index (κ3) is 7.83. The first-order chi connectivity index (χ1) is 18.3. The van der Waals surface area contributed by atoms with Crippen LogP contribution < -0.4 is 0 Å². The molecule has 0 saturated heterocycles. The summed E-state index contributed by atoms with van der Waals surface area (Å²) in [6, 6.07) is 29.7. The Morgan fingerprint density at radius 3 is 1.68 bits per heavy atom. The number of rotatable bonds is 12. The smallest absolute Gasteiger partial charge is 0.184 e. The van der Waals surface area contributed by atoms with Gasteiger partial charge in [0.05, 0.1) is 32.5 Å². The van der Waals surface area contributed by atoms with E-state index in [9.17, 15) is 10.2 Å². The van der Waals surface area contributed by atoms with Crippen molar-refractivity contribution in [3.8, 4) is 0 Å². The van der Waals surface area contributed by atoms with Crippen LogP contribution in [0.4, 0.5) is 0 Å². The largest absolute Gasteiger partial charge is 0.407 e. The van der Waals surface area contributed by atoms with E-state index in [-0.39, 0.29) is 19.6 Å². The minimum atomic E-state index is -2.17. The van der Waals surface area contributed by atoms with Crippen molar-refractivity contribution in [2.24, 2.45) is 0 Å². The van der Waals surface area contributed by atoms with Gasteiger partial charge in [0.2, 0.25) is 0 Å². The van der Waals surface area contributed by atoms with Crippen molar-refractivity contribution in [2.45, 2.75) is 75.9 Å². The van der Waals surface area contributed by atoms with Gasteiger partial charge in [0.15, 0.2) is 8.32 Å². The van der Waals surface area contributed by atoms with E-state index in [0.717, 1.165) is 16.7 Å². The summed E-state index contributed by atoms with van der Waals surface area (Å²) in [6.07, 6.45) is -3.50. The topological polar surface area (TPSA) is 77.4 Å². The van der Waals surface area contributed by atoms with Crippen LogP contribution in [0.3, 0.4) is 0 Å². The Kier molecular flexibility index (Phi) is 9.89. The van der Waals surface area contributed by atoms with Gasteiger partial charge in [-0.2, -0.15) is 0 Å². The molecule has 6 nitrogen and oxygen atoms in total. The highest BCUT2D eigenvalue weighted by Crippen LogP contribution is 2.40. The minimum absolute atomic E-state index is 0.178. The van der Waals surface area contributed by atoms with Crippen LogP contribution in [0.15, 0.2) is 91.0 Å². The normalized spacial score (nSPS) is 25.8. The van der Waals surface area contributed by atoms with Crippen LogP contribution in [0.25, 0.3) is 0 Å². The van der Waals surface area contributed by atoms with Gasteiger partial charge in [-0.1, -0.05) is 91.0 Å². The molecule has 0 aliphatic heterocycles. The molecule has 1 fully saturated rings. The van der Waals surface area contributed by atoms with E-state index in [4.69, 9.17) is 18.6 Å². The molecule has 3 aromatic rings. The molecule has 1 aliphatic rings. The Morgan fingerprint density at radius 1 is 0.711 bits per heavy atom. The van der Waals surface area contributed by atoms with Crippen LogP contribution in [-0.2, 0) is 38.5 Å². The lowest BCUT2D eigenvalue weighted by molar-refractivity contribution is -0.257. The van der Waals surface area contributed by atoms with Crippen LogP contribution in [0.5, 0.6) is 0 Å². The van der Waals surface area contributed by atoms with Crippen molar-refractivity contribution in [1.82, 2.24) is 0 Å². The third-order valence-corrected chi connectivity index (χ3v) is 7.65. The van der Waals surface area contributed by atoms with E-state index in [1.165, 1.54) is 0 Å². The highest BCUT2D eigenvalue weighted by atomic mass is 28.4. The van der Waals surface area contributed by atoms with Crippen LogP contribution in [0.2, 0.25) is 19.6 Å². The molecule has 3 aromatic carbocycles. The van der Waals surface area contributed by atoms with Gasteiger partial charge >= 0.3 is 0 Å². The Bertz CT molecular complexity index is 1090. The standard InChI is InChI=1S/C31H40O6Si/c1-38(2,3)37-31(23-34-20-24-13-7-4-8-14-24)19-27(32)28(33)29(35-21-25-15-9-5-10-16-25)30(31)36-22-26-17-11-6-12-18-26/h4-18,27-30,32-33H,19-23H2,1-3H3/t27-,28-,29+,30-,31-/m0/s1. The predicted octanol–water partition coefficient (Wildman–Crippen LogP) is 5.09. The van der Waals surface area contributed by atoms with Crippen LogP contribution >= 0.6 is 0 Å². The number of aliphatic hydroxyl groups is 2. The van der Waals surface area contributed by atoms with Gasteiger partial charge in [-0.15, -0.1) is 0 Å². The fourth-order valence-corrected chi connectivity index (χ4v) is 6.52. The van der Waals surface area contributed by atoms with Crippen molar-refractivity contribution < 1.29 is 28.8 Å². The van der Waals surface area contributed by atoms with Crippen molar-refractivity contribution in [3.63, 3.8) is 0 Å². The monoisotopic (exact) mass is 536 g/mol. The molecule has 0 bridgehead atoms. The summed E-state index contributed by atoms with van der Waals surface area (Å²) >= 11 is 0. The predicted molar refractivity (Wildman–Crippen MR) is 150 cm³/mol. The van der Waals surface area contributed by atoms with Crippen LogP contribution in [0, 0.1) is 0 Å². The number of ether oxygens (including phenoxy) is 3. The summed E-state index contributed by atoms with van der Waals surface area (Å²) in [5.74, 6) is 0. The van der Waals surface area contributed by atoms with Gasteiger partial charge < -0.3 is 28.8 Å². The van der Waals surface area contributed by atoms with Gasteiger partial charge in [-0.25, -0.2) is 0 Å². The molecule has 0 heterocycles. The molecular formula is C31H40O6Si. The fourth-order valence-electron chi connectivity index (χ4n) is 5.04. The quantitative estimate of drug-likeness (QED) is 0.314. The molecule has 0 radical (unpaired) electrons. The Morgan fingerprint density at radius 2 is 1.18 bits per heavy atom. The molecule has 0 unspecified atom stereocenters. The molecule has 0 amide bonds. The van der Waals surface area contributed by atoms with Crippen molar-refractivity contribution >= 4 is 8.32 Å². The first-order valence-electron chi connectivity index (χ1n) is 13.2. The molecule has 38 heavy (non-hydrogen) atoms. The second-order valence-electron chi connectivity index (χ2n) is 11.0. The highest BCUT2D eigenvalue weighted by Gasteiger charge is 2.56. The Balaban J connectivity index is 1.64. The average molecular weight is 537 g/mol. The van der Waals surface area contributed by atoms with Gasteiger partial charge in [0, 0.05) is 6.42 Å². The Hall–Kier alpha value is -2.36. The van der Waals surface area contributed by atoms with Crippen molar-refractivity contribution in [2.75, 3.05) is 6.61 Å². The molecular weight excluding hydrogens is 496 g/mol. The maximum absolute atomic E-state index is 11.2. The highest BCUT2D eigenvalue weighted by molar-refractivity contribution is 6.69. The molecule has 204 valence electrons. The third-order valence-electron chi connectivity index (χ3n) is 6.63. The van der Waals surface area contributed by atoms with Gasteiger partial charge in [0.25, 0.3) is 0 Å². The zero-order valence-electron chi connectivity index (χ0n) is 22.5. The number of hydrogen-bond donors (Lipinski definition) is 2. The number of hydrogen-bond acceptors (Lipinski definition) is 6. The zero-order valence-corrected chi connectivity index (χ0v) is 23.5. The molecule has 2 N–H and O–H groups in total. The Labute approximate surface area is 227 Å². The summed E-state index contributed by atoms with van der Waals surface area (Å²) < 4.78 is 26.0. The van der Waals surface area contributed by atoms with E-state index >= 15 is 0 Å². The van der Waals surface area contributed by atoms with E-state index < -0.39 is 38.3 Å². The maximum Gasteiger partial charge on any atom is 0.184 e. The number of benzene rings is 3. The molecule has 1 saturated carbocycles. The van der Waals surface area contributed by atoms with Gasteiger partial charge in [0.1, 0.15) is 23.9 Å². The lowest BCUT2D eigenvalue weighted by Crippen LogP contribution is -2.68. The second-order valence-corrected chi connectivity index (χ2v) is 15.4. The lowest BCUT2D eigenvalue weighted by Gasteiger charge is -2.52. The summed E-state index contributed by atoms with van der Waals surface area (Å²) in [5.41, 5.74) is 2.01. The molecule has 1 aliphatic carbocycles. The van der Waals surface area contributed by atoms with E-state index in [1.807, 2.05) is 91.0 Å². The first kappa shape index (κ1) is 28.6.